The monoisotopic (exact) mass is 265 g/mol. The van der Waals surface area contributed by atoms with Gasteiger partial charge in [0.15, 0.2) is 0 Å². The van der Waals surface area contributed by atoms with Gasteiger partial charge in [0.2, 0.25) is 0 Å². The molecule has 0 atom stereocenters. The molecule has 110 valence electrons. The maximum absolute atomic E-state index is 6.03. The minimum atomic E-state index is -0.141. The Labute approximate surface area is 120 Å². The Bertz CT molecular complexity index is 390. The summed E-state index contributed by atoms with van der Waals surface area (Å²) in [6.07, 6.45) is 5.74. The first-order valence-electron chi connectivity index (χ1n) is 6.92. The molecule has 0 heterocycles. The molecule has 0 aromatic carbocycles. The number of ether oxygens (including phenoxy) is 1. The van der Waals surface area contributed by atoms with E-state index in [4.69, 9.17) is 10.5 Å². The summed E-state index contributed by atoms with van der Waals surface area (Å²) in [6, 6.07) is 0. The lowest BCUT2D eigenvalue weighted by Gasteiger charge is -2.30. The fraction of sp³-hybridized carbons (Fsp3) is 0.529. The minimum Gasteiger partial charge on any atom is -0.488 e. The molecule has 0 aromatic heterocycles. The molecule has 0 aromatic rings. The Hall–Kier alpha value is -1.28. The van der Waals surface area contributed by atoms with E-state index < -0.39 is 0 Å². The third-order valence-electron chi connectivity index (χ3n) is 3.77. The van der Waals surface area contributed by atoms with Crippen molar-refractivity contribution < 1.29 is 6.16 Å². The van der Waals surface area contributed by atoms with Crippen molar-refractivity contribution in [3.05, 3.63) is 47.8 Å². The van der Waals surface area contributed by atoms with Gasteiger partial charge in [0, 0.05) is 7.97 Å². The van der Waals surface area contributed by atoms with E-state index in [9.17, 15) is 0 Å². The molecule has 0 radical (unpaired) electrons. The van der Waals surface area contributed by atoms with Crippen molar-refractivity contribution >= 4 is 0 Å². The highest BCUT2D eigenvalue weighted by Gasteiger charge is 2.22. The van der Waals surface area contributed by atoms with E-state index in [1.807, 2.05) is 19.9 Å². The van der Waals surface area contributed by atoms with Crippen LogP contribution in [0.15, 0.2) is 47.8 Å². The van der Waals surface area contributed by atoms with Crippen LogP contribution in [0.3, 0.4) is 0 Å². The van der Waals surface area contributed by atoms with Crippen LogP contribution in [0.5, 0.6) is 0 Å². The quantitative estimate of drug-likeness (QED) is 0.508. The first kappa shape index (κ1) is 17.7. The Morgan fingerprint density at radius 1 is 1.32 bits per heavy atom. The lowest BCUT2D eigenvalue weighted by molar-refractivity contribution is 0.0163. The number of hydrogen-bond donors (Lipinski definition) is 1. The van der Waals surface area contributed by atoms with Gasteiger partial charge in [-0.1, -0.05) is 39.2 Å². The van der Waals surface area contributed by atoms with Crippen molar-refractivity contribution in [2.75, 3.05) is 6.54 Å². The van der Waals surface area contributed by atoms with Crippen molar-refractivity contribution in [1.82, 2.24) is 0 Å². The van der Waals surface area contributed by atoms with Crippen molar-refractivity contribution in [3.63, 3.8) is 0 Å². The molecule has 0 rings (SSSR count). The van der Waals surface area contributed by atoms with Crippen LogP contribution in [0.25, 0.3) is 0 Å². The zero-order chi connectivity index (χ0) is 15.1. The fourth-order valence-electron chi connectivity index (χ4n) is 1.58. The van der Waals surface area contributed by atoms with E-state index in [0.29, 0.717) is 6.54 Å². The highest BCUT2D eigenvalue weighted by Crippen LogP contribution is 2.27. The lowest BCUT2D eigenvalue weighted by Crippen LogP contribution is -2.26. The van der Waals surface area contributed by atoms with Crippen LogP contribution in [0, 0.1) is 0 Å². The first-order valence-corrected chi connectivity index (χ1v) is 6.92. The van der Waals surface area contributed by atoms with Crippen LogP contribution in [-0.2, 0) is 4.74 Å². The average Bonchev–Trinajstić information content (AvgIpc) is 2.43. The van der Waals surface area contributed by atoms with E-state index in [2.05, 4.69) is 33.9 Å². The number of allylic oxidation sites excluding steroid dienone is 3. The minimum absolute atomic E-state index is 0. The molecule has 0 saturated carbocycles. The Morgan fingerprint density at radius 3 is 2.21 bits per heavy atom. The van der Waals surface area contributed by atoms with Crippen LogP contribution in [0.2, 0.25) is 0 Å². The Kier molecular flexibility index (Phi) is 7.47. The van der Waals surface area contributed by atoms with Gasteiger partial charge in [-0.2, -0.15) is 0 Å². The second kappa shape index (κ2) is 8.00. The molecule has 0 spiro atoms. The van der Waals surface area contributed by atoms with Gasteiger partial charge in [-0.05, 0) is 50.3 Å². The van der Waals surface area contributed by atoms with Gasteiger partial charge in [-0.15, -0.1) is 0 Å². The normalized spacial score (nSPS) is 13.9. The SMILES string of the molecule is C=C/C(=C\C(C)=C(/C)C(=C)OC(C)(CC)CC)CN.[HH]. The molecule has 0 unspecified atom stereocenters. The van der Waals surface area contributed by atoms with Crippen molar-refractivity contribution in [3.8, 4) is 0 Å². The predicted octanol–water partition coefficient (Wildman–Crippen LogP) is 4.75. The number of nitrogens with two attached hydrogens (primary N) is 1. The average molecular weight is 265 g/mol. The molecule has 0 amide bonds. The fourth-order valence-corrected chi connectivity index (χ4v) is 1.58. The molecule has 0 aliphatic heterocycles. The standard InChI is InChI=1S/C17H29NO.H2/c1-8-16(12-18)11-13(4)14(5)15(6)19-17(7,9-2)10-3;/h8,11H,1,6,9-10,12,18H2,2-5,7H3;1H/b14-13+,16-11+;. The summed E-state index contributed by atoms with van der Waals surface area (Å²) in [5.74, 6) is 0.736. The summed E-state index contributed by atoms with van der Waals surface area (Å²) >= 11 is 0. The summed E-state index contributed by atoms with van der Waals surface area (Å²) in [5, 5.41) is 0. The zero-order valence-electron chi connectivity index (χ0n) is 13.2. The van der Waals surface area contributed by atoms with E-state index in [1.165, 1.54) is 0 Å². The highest BCUT2D eigenvalue weighted by atomic mass is 16.5. The molecule has 2 N–H and O–H groups in total. The first-order chi connectivity index (χ1) is 8.83. The maximum Gasteiger partial charge on any atom is 0.116 e. The van der Waals surface area contributed by atoms with Crippen LogP contribution >= 0.6 is 0 Å². The van der Waals surface area contributed by atoms with Crippen LogP contribution in [0.4, 0.5) is 0 Å². The van der Waals surface area contributed by atoms with Gasteiger partial charge in [0.25, 0.3) is 0 Å². The zero-order valence-corrected chi connectivity index (χ0v) is 13.2. The summed E-state index contributed by atoms with van der Waals surface area (Å²) in [5.41, 5.74) is 8.68. The largest absolute Gasteiger partial charge is 0.488 e. The molecule has 0 fully saturated rings. The topological polar surface area (TPSA) is 35.2 Å². The van der Waals surface area contributed by atoms with Gasteiger partial charge in [-0.3, -0.25) is 0 Å². The van der Waals surface area contributed by atoms with E-state index >= 15 is 0 Å². The van der Waals surface area contributed by atoms with Gasteiger partial charge in [0.1, 0.15) is 11.4 Å². The van der Waals surface area contributed by atoms with Crippen molar-refractivity contribution in [1.29, 1.82) is 0 Å². The predicted molar refractivity (Wildman–Crippen MR) is 87.0 cm³/mol. The Morgan fingerprint density at radius 2 is 1.84 bits per heavy atom. The van der Waals surface area contributed by atoms with E-state index in [1.54, 1.807) is 6.08 Å². The van der Waals surface area contributed by atoms with Crippen LogP contribution in [0.1, 0.15) is 48.9 Å². The van der Waals surface area contributed by atoms with Gasteiger partial charge >= 0.3 is 0 Å². The Balaban J connectivity index is 0. The van der Waals surface area contributed by atoms with Crippen molar-refractivity contribution in [2.24, 2.45) is 5.73 Å². The second-order valence-electron chi connectivity index (χ2n) is 5.12. The molecule has 0 aliphatic rings. The number of rotatable bonds is 8. The van der Waals surface area contributed by atoms with E-state index in [-0.39, 0.29) is 7.03 Å². The maximum atomic E-state index is 6.03. The lowest BCUT2D eigenvalue weighted by atomic mass is 9.99. The summed E-state index contributed by atoms with van der Waals surface area (Å²) < 4.78 is 6.03. The van der Waals surface area contributed by atoms with Gasteiger partial charge in [0.05, 0.1) is 0 Å². The summed E-state index contributed by atoms with van der Waals surface area (Å²) in [4.78, 5) is 0. The second-order valence-corrected chi connectivity index (χ2v) is 5.12. The third kappa shape index (κ3) is 5.48. The number of hydrogen-bond acceptors (Lipinski definition) is 2. The summed E-state index contributed by atoms with van der Waals surface area (Å²) in [6.45, 7) is 18.7. The summed E-state index contributed by atoms with van der Waals surface area (Å²) in [7, 11) is 0. The smallest absolute Gasteiger partial charge is 0.116 e. The van der Waals surface area contributed by atoms with Gasteiger partial charge < -0.3 is 10.5 Å². The van der Waals surface area contributed by atoms with E-state index in [0.717, 1.165) is 35.3 Å². The van der Waals surface area contributed by atoms with Crippen LogP contribution in [-0.4, -0.2) is 12.1 Å². The highest BCUT2D eigenvalue weighted by molar-refractivity contribution is 5.37. The molecule has 0 bridgehead atoms. The molecule has 0 aliphatic carbocycles. The molecular formula is C17H31NO. The van der Waals surface area contributed by atoms with Crippen LogP contribution < -0.4 is 5.73 Å². The molecule has 0 saturated heterocycles. The molecule has 2 heteroatoms. The third-order valence-corrected chi connectivity index (χ3v) is 3.77. The molecule has 2 nitrogen and oxygen atoms in total. The van der Waals surface area contributed by atoms with Crippen molar-refractivity contribution in [2.45, 2.75) is 53.1 Å². The molecule has 19 heavy (non-hydrogen) atoms. The molecular weight excluding hydrogens is 234 g/mol. The van der Waals surface area contributed by atoms with Gasteiger partial charge in [-0.25, -0.2) is 0 Å².